The lowest BCUT2D eigenvalue weighted by Crippen LogP contribution is -2.02. The summed E-state index contributed by atoms with van der Waals surface area (Å²) in [7, 11) is 0. The molecule has 2 heterocycles. The molecule has 0 bridgehead atoms. The fourth-order valence-electron chi connectivity index (χ4n) is 1.61. The van der Waals surface area contributed by atoms with Crippen LogP contribution in [0.3, 0.4) is 0 Å². The molecule has 6 heteroatoms. The van der Waals surface area contributed by atoms with Crippen LogP contribution in [0.1, 0.15) is 24.7 Å². The molecular formula is C12H17N5S. The predicted octanol–water partition coefficient (Wildman–Crippen LogP) is 2.43. The number of hydrogen-bond donors (Lipinski definition) is 1. The van der Waals surface area contributed by atoms with Crippen molar-refractivity contribution in [1.29, 1.82) is 0 Å². The SMILES string of the molecule is CCCn1nc(C)c(N)c1Sc1nccc(C)n1. The van der Waals surface area contributed by atoms with Crippen LogP contribution in [0.25, 0.3) is 0 Å². The molecule has 2 aromatic heterocycles. The minimum atomic E-state index is 0.707. The number of hydrogen-bond acceptors (Lipinski definition) is 5. The lowest BCUT2D eigenvalue weighted by atomic mass is 10.4. The lowest BCUT2D eigenvalue weighted by molar-refractivity contribution is 0.555. The van der Waals surface area contributed by atoms with Gasteiger partial charge in [0.25, 0.3) is 0 Å². The quantitative estimate of drug-likeness (QED) is 0.858. The van der Waals surface area contributed by atoms with Gasteiger partial charge in [0.2, 0.25) is 0 Å². The van der Waals surface area contributed by atoms with Crippen LogP contribution in [0.2, 0.25) is 0 Å². The first kappa shape index (κ1) is 12.9. The van der Waals surface area contributed by atoms with E-state index in [4.69, 9.17) is 5.73 Å². The maximum atomic E-state index is 6.06. The first-order valence-corrected chi connectivity index (χ1v) is 6.73. The fourth-order valence-corrected chi connectivity index (χ4v) is 2.58. The zero-order valence-corrected chi connectivity index (χ0v) is 11.7. The van der Waals surface area contributed by atoms with Crippen LogP contribution in [0.15, 0.2) is 22.4 Å². The van der Waals surface area contributed by atoms with E-state index in [0.717, 1.165) is 35.1 Å². The van der Waals surface area contributed by atoms with Crippen LogP contribution in [-0.4, -0.2) is 19.7 Å². The van der Waals surface area contributed by atoms with Crippen molar-refractivity contribution in [3.63, 3.8) is 0 Å². The van der Waals surface area contributed by atoms with Crippen molar-refractivity contribution < 1.29 is 0 Å². The molecule has 2 N–H and O–H groups in total. The molecule has 2 aromatic rings. The molecular weight excluding hydrogens is 246 g/mol. The van der Waals surface area contributed by atoms with Crippen LogP contribution in [0.4, 0.5) is 5.69 Å². The van der Waals surface area contributed by atoms with Crippen LogP contribution >= 0.6 is 11.8 Å². The predicted molar refractivity (Wildman–Crippen MR) is 72.6 cm³/mol. The van der Waals surface area contributed by atoms with Crippen LogP contribution in [-0.2, 0) is 6.54 Å². The van der Waals surface area contributed by atoms with Crippen LogP contribution < -0.4 is 5.73 Å². The second kappa shape index (κ2) is 5.39. The molecule has 0 saturated carbocycles. The van der Waals surface area contributed by atoms with Gasteiger partial charge in [-0.3, -0.25) is 4.68 Å². The molecule has 0 amide bonds. The monoisotopic (exact) mass is 263 g/mol. The van der Waals surface area contributed by atoms with E-state index < -0.39 is 0 Å². The normalized spacial score (nSPS) is 10.8. The van der Waals surface area contributed by atoms with E-state index in [1.165, 1.54) is 11.8 Å². The summed E-state index contributed by atoms with van der Waals surface area (Å²) in [4.78, 5) is 8.62. The van der Waals surface area contributed by atoms with Crippen LogP contribution in [0, 0.1) is 13.8 Å². The van der Waals surface area contributed by atoms with E-state index in [2.05, 4.69) is 22.0 Å². The van der Waals surface area contributed by atoms with Gasteiger partial charge >= 0.3 is 0 Å². The van der Waals surface area contributed by atoms with E-state index in [1.54, 1.807) is 6.20 Å². The van der Waals surface area contributed by atoms with Gasteiger partial charge in [-0.25, -0.2) is 9.97 Å². The Hall–Kier alpha value is -1.56. The molecule has 0 saturated heterocycles. The third-order valence-corrected chi connectivity index (χ3v) is 3.52. The Morgan fingerprint density at radius 3 is 2.83 bits per heavy atom. The minimum absolute atomic E-state index is 0.707. The molecule has 0 aliphatic heterocycles. The summed E-state index contributed by atoms with van der Waals surface area (Å²) in [6.45, 7) is 6.84. The van der Waals surface area contributed by atoms with E-state index in [1.807, 2.05) is 24.6 Å². The molecule has 5 nitrogen and oxygen atoms in total. The van der Waals surface area contributed by atoms with Crippen molar-refractivity contribution in [3.8, 4) is 0 Å². The molecule has 0 aliphatic carbocycles. The van der Waals surface area contributed by atoms with E-state index in [-0.39, 0.29) is 0 Å². The Morgan fingerprint density at radius 2 is 2.17 bits per heavy atom. The molecule has 2 rings (SSSR count). The van der Waals surface area contributed by atoms with Crippen molar-refractivity contribution in [2.75, 3.05) is 5.73 Å². The highest BCUT2D eigenvalue weighted by atomic mass is 32.2. The smallest absolute Gasteiger partial charge is 0.194 e. The highest BCUT2D eigenvalue weighted by molar-refractivity contribution is 7.99. The van der Waals surface area contributed by atoms with Gasteiger partial charge in [0, 0.05) is 18.4 Å². The van der Waals surface area contributed by atoms with Crippen molar-refractivity contribution in [1.82, 2.24) is 19.7 Å². The Bertz CT molecular complexity index is 549. The van der Waals surface area contributed by atoms with Crippen LogP contribution in [0.5, 0.6) is 0 Å². The Morgan fingerprint density at radius 1 is 1.39 bits per heavy atom. The standard InChI is InChI=1S/C12H17N5S/c1-4-7-17-11(10(13)9(3)16-17)18-12-14-6-5-8(2)15-12/h5-6H,4,7,13H2,1-3H3. The highest BCUT2D eigenvalue weighted by Gasteiger charge is 2.14. The van der Waals surface area contributed by atoms with Gasteiger partial charge in [-0.1, -0.05) is 6.92 Å². The molecule has 0 fully saturated rings. The van der Waals surface area contributed by atoms with Crippen molar-refractivity contribution in [2.45, 2.75) is 43.9 Å². The van der Waals surface area contributed by atoms with E-state index >= 15 is 0 Å². The molecule has 0 radical (unpaired) electrons. The first-order valence-electron chi connectivity index (χ1n) is 5.92. The molecule has 0 aromatic carbocycles. The largest absolute Gasteiger partial charge is 0.395 e. The summed E-state index contributed by atoms with van der Waals surface area (Å²) >= 11 is 1.47. The molecule has 0 spiro atoms. The Labute approximate surface area is 111 Å². The highest BCUT2D eigenvalue weighted by Crippen LogP contribution is 2.31. The number of aromatic nitrogens is 4. The molecule has 0 aliphatic rings. The first-order chi connectivity index (χ1) is 8.61. The number of rotatable bonds is 4. The lowest BCUT2D eigenvalue weighted by Gasteiger charge is -2.05. The van der Waals surface area contributed by atoms with Gasteiger partial charge in [-0.2, -0.15) is 5.10 Å². The molecule has 96 valence electrons. The maximum Gasteiger partial charge on any atom is 0.194 e. The Kier molecular flexibility index (Phi) is 3.86. The summed E-state index contributed by atoms with van der Waals surface area (Å²) < 4.78 is 1.93. The third kappa shape index (κ3) is 2.64. The third-order valence-electron chi connectivity index (χ3n) is 2.52. The fraction of sp³-hybridized carbons (Fsp3) is 0.417. The minimum Gasteiger partial charge on any atom is -0.395 e. The second-order valence-electron chi connectivity index (χ2n) is 4.11. The van der Waals surface area contributed by atoms with Gasteiger partial charge in [0.1, 0.15) is 5.03 Å². The average Bonchev–Trinajstić information content (AvgIpc) is 2.58. The summed E-state index contributed by atoms with van der Waals surface area (Å²) in [6, 6.07) is 1.88. The van der Waals surface area contributed by atoms with Crippen molar-refractivity contribution in [2.24, 2.45) is 0 Å². The van der Waals surface area contributed by atoms with Gasteiger partial charge in [-0.15, -0.1) is 0 Å². The summed E-state index contributed by atoms with van der Waals surface area (Å²) in [5.74, 6) is 0. The van der Waals surface area contributed by atoms with Crippen molar-refractivity contribution in [3.05, 3.63) is 23.7 Å². The molecule has 18 heavy (non-hydrogen) atoms. The van der Waals surface area contributed by atoms with Crippen molar-refractivity contribution >= 4 is 17.4 Å². The summed E-state index contributed by atoms with van der Waals surface area (Å²) in [5, 5.41) is 6.07. The molecule has 0 atom stereocenters. The molecule has 0 unspecified atom stereocenters. The second-order valence-corrected chi connectivity index (χ2v) is 5.07. The topological polar surface area (TPSA) is 69.6 Å². The van der Waals surface area contributed by atoms with E-state index in [0.29, 0.717) is 5.16 Å². The van der Waals surface area contributed by atoms with E-state index in [9.17, 15) is 0 Å². The number of nitrogens with zero attached hydrogens (tertiary/aromatic N) is 4. The van der Waals surface area contributed by atoms with Gasteiger partial charge in [0.05, 0.1) is 11.4 Å². The number of aryl methyl sites for hydroxylation is 3. The zero-order valence-electron chi connectivity index (χ0n) is 10.8. The van der Waals surface area contributed by atoms with Gasteiger partial charge in [-0.05, 0) is 38.1 Å². The zero-order chi connectivity index (χ0) is 13.1. The summed E-state index contributed by atoms with van der Waals surface area (Å²) in [6.07, 6.45) is 2.77. The average molecular weight is 263 g/mol. The Balaban J connectivity index is 2.33. The number of nitrogen functional groups attached to an aromatic ring is 1. The number of nitrogens with two attached hydrogens (primary N) is 1. The van der Waals surface area contributed by atoms with Gasteiger partial charge < -0.3 is 5.73 Å². The summed E-state index contributed by atoms with van der Waals surface area (Å²) in [5.41, 5.74) is 8.59. The maximum absolute atomic E-state index is 6.06. The van der Waals surface area contributed by atoms with Gasteiger partial charge in [0.15, 0.2) is 5.16 Å². The number of anilines is 1.